The molecule has 1 amide bonds. The summed E-state index contributed by atoms with van der Waals surface area (Å²) in [5.41, 5.74) is 0.362. The molecule has 2 aromatic rings. The minimum absolute atomic E-state index is 0.235. The van der Waals surface area contributed by atoms with Gasteiger partial charge in [0.05, 0.1) is 15.7 Å². The Balaban J connectivity index is 1.92. The second-order valence-electron chi connectivity index (χ2n) is 4.52. The van der Waals surface area contributed by atoms with Crippen molar-refractivity contribution in [2.75, 3.05) is 5.32 Å². The van der Waals surface area contributed by atoms with Crippen molar-refractivity contribution >= 4 is 58.2 Å². The molecule has 1 atom stereocenters. The van der Waals surface area contributed by atoms with Crippen LogP contribution in [0.15, 0.2) is 41.8 Å². The van der Waals surface area contributed by atoms with E-state index in [1.807, 2.05) is 17.5 Å². The van der Waals surface area contributed by atoms with Gasteiger partial charge in [-0.2, -0.15) is 0 Å². The lowest BCUT2D eigenvalue weighted by Crippen LogP contribution is -2.29. The van der Waals surface area contributed by atoms with Gasteiger partial charge in [-0.1, -0.05) is 35.3 Å². The molecule has 0 fully saturated rings. The minimum atomic E-state index is -0.967. The topological polar surface area (TPSA) is 55.4 Å². The average Bonchev–Trinajstić information content (AvgIpc) is 3.03. The Morgan fingerprint density at radius 2 is 2.04 bits per heavy atom. The van der Waals surface area contributed by atoms with Crippen molar-refractivity contribution in [3.05, 3.63) is 56.7 Å². The third-order valence-electron chi connectivity index (χ3n) is 2.80. The lowest BCUT2D eigenvalue weighted by molar-refractivity contribution is -0.148. The molecule has 1 N–H and O–H groups in total. The first kappa shape index (κ1) is 17.5. The number of rotatable bonds is 5. The van der Waals surface area contributed by atoms with E-state index in [2.05, 4.69) is 5.32 Å². The Hall–Kier alpha value is -1.82. The van der Waals surface area contributed by atoms with Gasteiger partial charge in [-0.15, -0.1) is 11.3 Å². The van der Waals surface area contributed by atoms with E-state index < -0.39 is 18.0 Å². The van der Waals surface area contributed by atoms with Crippen LogP contribution in [-0.2, 0) is 14.3 Å². The number of anilines is 1. The third-order valence-corrected chi connectivity index (χ3v) is 4.45. The molecule has 0 aliphatic rings. The van der Waals surface area contributed by atoms with Gasteiger partial charge in [0.2, 0.25) is 0 Å². The summed E-state index contributed by atoms with van der Waals surface area (Å²) in [6.07, 6.45) is 1.94. The Morgan fingerprint density at radius 3 is 2.74 bits per heavy atom. The van der Waals surface area contributed by atoms with E-state index in [1.165, 1.54) is 24.3 Å². The zero-order valence-electron chi connectivity index (χ0n) is 12.1. The number of thiophene rings is 1. The number of nitrogens with one attached hydrogen (secondary N) is 1. The van der Waals surface area contributed by atoms with Gasteiger partial charge in [0, 0.05) is 11.0 Å². The zero-order chi connectivity index (χ0) is 16.8. The van der Waals surface area contributed by atoms with Crippen molar-refractivity contribution in [2.45, 2.75) is 13.0 Å². The number of hydrogen-bond acceptors (Lipinski definition) is 4. The van der Waals surface area contributed by atoms with Crippen LogP contribution in [0.3, 0.4) is 0 Å². The fourth-order valence-corrected chi connectivity index (χ4v) is 2.60. The van der Waals surface area contributed by atoms with Crippen molar-refractivity contribution < 1.29 is 14.3 Å². The number of esters is 1. The fraction of sp³-hybridized carbons (Fsp3) is 0.125. The summed E-state index contributed by atoms with van der Waals surface area (Å²) in [5, 5.41) is 5.03. The largest absolute Gasteiger partial charge is 0.449 e. The van der Waals surface area contributed by atoms with Crippen LogP contribution in [0.1, 0.15) is 11.8 Å². The van der Waals surface area contributed by atoms with Gasteiger partial charge >= 0.3 is 5.97 Å². The molecule has 2 rings (SSSR count). The maximum Gasteiger partial charge on any atom is 0.331 e. The monoisotopic (exact) mass is 369 g/mol. The van der Waals surface area contributed by atoms with Crippen LogP contribution in [0.25, 0.3) is 6.08 Å². The molecule has 4 nitrogen and oxygen atoms in total. The van der Waals surface area contributed by atoms with Crippen LogP contribution in [0, 0.1) is 0 Å². The number of carbonyl (C=O) groups excluding carboxylic acids is 2. The van der Waals surface area contributed by atoms with Crippen molar-refractivity contribution in [3.63, 3.8) is 0 Å². The van der Waals surface area contributed by atoms with Gasteiger partial charge in [-0.25, -0.2) is 4.79 Å². The predicted octanol–water partition coefficient (Wildman–Crippen LogP) is 4.64. The average molecular weight is 370 g/mol. The molecule has 0 aliphatic heterocycles. The molecule has 120 valence electrons. The summed E-state index contributed by atoms with van der Waals surface area (Å²) in [5.74, 6) is -1.09. The van der Waals surface area contributed by atoms with Crippen molar-refractivity contribution in [3.8, 4) is 0 Å². The van der Waals surface area contributed by atoms with E-state index in [-0.39, 0.29) is 5.02 Å². The molecular formula is C16H13Cl2NO3S. The second-order valence-corrected chi connectivity index (χ2v) is 6.28. The van der Waals surface area contributed by atoms with Crippen LogP contribution < -0.4 is 5.32 Å². The molecule has 1 heterocycles. The standard InChI is InChI=1S/C16H13Cl2NO3S/c1-10(22-14(20)8-7-11-4-3-9-23-11)16(21)19-13-6-2-5-12(17)15(13)18/h2-10H,1H3,(H,19,21). The van der Waals surface area contributed by atoms with E-state index in [0.29, 0.717) is 10.7 Å². The van der Waals surface area contributed by atoms with Gasteiger partial charge in [-0.3, -0.25) is 4.79 Å². The maximum atomic E-state index is 12.0. The van der Waals surface area contributed by atoms with E-state index >= 15 is 0 Å². The highest BCUT2D eigenvalue weighted by molar-refractivity contribution is 7.10. The van der Waals surface area contributed by atoms with Gasteiger partial charge in [0.1, 0.15) is 0 Å². The Labute approximate surface area is 147 Å². The van der Waals surface area contributed by atoms with Crippen molar-refractivity contribution in [1.29, 1.82) is 0 Å². The van der Waals surface area contributed by atoms with Crippen LogP contribution in [-0.4, -0.2) is 18.0 Å². The highest BCUT2D eigenvalue weighted by Gasteiger charge is 2.18. The molecule has 0 bridgehead atoms. The molecule has 23 heavy (non-hydrogen) atoms. The number of amides is 1. The Bertz CT molecular complexity index is 729. The normalized spacial score (nSPS) is 12.1. The van der Waals surface area contributed by atoms with Gasteiger partial charge < -0.3 is 10.1 Å². The number of ether oxygens (including phenoxy) is 1. The predicted molar refractivity (Wildman–Crippen MR) is 94.0 cm³/mol. The SMILES string of the molecule is CC(OC(=O)C=Cc1cccs1)C(=O)Nc1cccc(Cl)c1Cl. The fourth-order valence-electron chi connectivity index (χ4n) is 1.64. The molecule has 1 unspecified atom stereocenters. The van der Waals surface area contributed by atoms with E-state index in [1.54, 1.807) is 24.3 Å². The smallest absolute Gasteiger partial charge is 0.331 e. The minimum Gasteiger partial charge on any atom is -0.449 e. The first-order valence-corrected chi connectivity index (χ1v) is 8.28. The van der Waals surface area contributed by atoms with Crippen LogP contribution >= 0.6 is 34.5 Å². The van der Waals surface area contributed by atoms with Gasteiger partial charge in [0.25, 0.3) is 5.91 Å². The highest BCUT2D eigenvalue weighted by atomic mass is 35.5. The highest BCUT2D eigenvalue weighted by Crippen LogP contribution is 2.29. The number of carbonyl (C=O) groups is 2. The molecule has 0 radical (unpaired) electrons. The lowest BCUT2D eigenvalue weighted by atomic mass is 10.3. The summed E-state index contributed by atoms with van der Waals surface area (Å²) in [7, 11) is 0. The van der Waals surface area contributed by atoms with Crippen LogP contribution in [0.4, 0.5) is 5.69 Å². The summed E-state index contributed by atoms with van der Waals surface area (Å²) < 4.78 is 5.04. The first-order chi connectivity index (χ1) is 11.0. The quantitative estimate of drug-likeness (QED) is 0.616. The molecular weight excluding hydrogens is 357 g/mol. The van der Waals surface area contributed by atoms with Crippen LogP contribution in [0.5, 0.6) is 0 Å². The summed E-state index contributed by atoms with van der Waals surface area (Å²) in [6, 6.07) is 8.62. The van der Waals surface area contributed by atoms with E-state index in [9.17, 15) is 9.59 Å². The number of halogens is 2. The number of hydrogen-bond donors (Lipinski definition) is 1. The maximum absolute atomic E-state index is 12.0. The summed E-state index contributed by atoms with van der Waals surface area (Å²) in [6.45, 7) is 1.48. The third kappa shape index (κ3) is 5.10. The number of benzene rings is 1. The molecule has 0 saturated carbocycles. The van der Waals surface area contributed by atoms with Crippen LogP contribution in [0.2, 0.25) is 10.0 Å². The van der Waals surface area contributed by atoms with Crippen molar-refractivity contribution in [2.24, 2.45) is 0 Å². The molecule has 0 saturated heterocycles. The molecule has 7 heteroatoms. The van der Waals surface area contributed by atoms with E-state index in [4.69, 9.17) is 27.9 Å². The zero-order valence-corrected chi connectivity index (χ0v) is 14.4. The Kier molecular flexibility index (Phi) is 6.21. The van der Waals surface area contributed by atoms with E-state index in [0.717, 1.165) is 4.88 Å². The summed E-state index contributed by atoms with van der Waals surface area (Å²) in [4.78, 5) is 24.6. The molecule has 1 aromatic heterocycles. The molecule has 0 spiro atoms. The second kappa shape index (κ2) is 8.15. The van der Waals surface area contributed by atoms with Gasteiger partial charge in [0.15, 0.2) is 6.10 Å². The molecule has 1 aromatic carbocycles. The lowest BCUT2D eigenvalue weighted by Gasteiger charge is -2.13. The summed E-state index contributed by atoms with van der Waals surface area (Å²) >= 11 is 13.4. The molecule has 0 aliphatic carbocycles. The van der Waals surface area contributed by atoms with Crippen molar-refractivity contribution in [1.82, 2.24) is 0 Å². The first-order valence-electron chi connectivity index (χ1n) is 6.64. The van der Waals surface area contributed by atoms with Gasteiger partial charge in [-0.05, 0) is 36.6 Å². The Morgan fingerprint density at radius 1 is 1.26 bits per heavy atom.